The highest BCUT2D eigenvalue weighted by atomic mass is 32.1. The zero-order valence-corrected chi connectivity index (χ0v) is 17.5. The Bertz CT molecular complexity index is 957. The van der Waals surface area contributed by atoms with E-state index in [1.807, 2.05) is 13.0 Å². The molecule has 29 heavy (non-hydrogen) atoms. The molecule has 0 fully saturated rings. The molecule has 3 rings (SSSR count). The van der Waals surface area contributed by atoms with E-state index in [4.69, 9.17) is 26.4 Å². The molecule has 0 radical (unpaired) electrons. The zero-order valence-electron chi connectivity index (χ0n) is 16.7. The van der Waals surface area contributed by atoms with Gasteiger partial charge in [0.05, 0.1) is 32.9 Å². The van der Waals surface area contributed by atoms with E-state index in [9.17, 15) is 4.79 Å². The summed E-state index contributed by atoms with van der Waals surface area (Å²) in [6.45, 7) is 1.82. The third-order valence-corrected chi connectivity index (χ3v) is 4.83. The van der Waals surface area contributed by atoms with Crippen molar-refractivity contribution >= 4 is 28.9 Å². The second-order valence-corrected chi connectivity index (χ2v) is 6.77. The van der Waals surface area contributed by atoms with Gasteiger partial charge in [-0.25, -0.2) is 0 Å². The number of rotatable bonds is 6. The zero-order chi connectivity index (χ0) is 21.0. The highest BCUT2D eigenvalue weighted by Crippen LogP contribution is 2.36. The molecule has 1 aliphatic heterocycles. The Balaban J connectivity index is 1.98. The third-order valence-electron chi connectivity index (χ3n) is 4.61. The van der Waals surface area contributed by atoms with E-state index in [0.29, 0.717) is 39.3 Å². The van der Waals surface area contributed by atoms with Crippen molar-refractivity contribution in [1.29, 1.82) is 0 Å². The summed E-state index contributed by atoms with van der Waals surface area (Å²) in [6, 6.07) is 12.1. The molecule has 1 atom stereocenters. The molecule has 0 bridgehead atoms. The standard InChI is InChI=1S/C21H23N3O4S/c1-12-18(20(25)23-13-5-7-14(26-2)8-6-13)19(24-21(29)22-12)16-11-15(27-3)9-10-17(16)28-4/h5-11,19H,1-4H3,(H,23,25)(H2,22,24,29)/t19-/m1/s1. The van der Waals surface area contributed by atoms with Crippen LogP contribution in [0.3, 0.4) is 0 Å². The van der Waals surface area contributed by atoms with Crippen molar-refractivity contribution < 1.29 is 19.0 Å². The van der Waals surface area contributed by atoms with Gasteiger partial charge in [0.15, 0.2) is 5.11 Å². The maximum atomic E-state index is 13.2. The second kappa shape index (κ2) is 8.83. The molecule has 8 heteroatoms. The molecule has 152 valence electrons. The molecule has 7 nitrogen and oxygen atoms in total. The lowest BCUT2D eigenvalue weighted by atomic mass is 9.94. The number of nitrogens with one attached hydrogen (secondary N) is 3. The predicted molar refractivity (Wildman–Crippen MR) is 115 cm³/mol. The van der Waals surface area contributed by atoms with Crippen LogP contribution in [-0.4, -0.2) is 32.3 Å². The van der Waals surface area contributed by atoms with Gasteiger partial charge < -0.3 is 30.2 Å². The van der Waals surface area contributed by atoms with Crippen LogP contribution in [0.5, 0.6) is 17.2 Å². The summed E-state index contributed by atoms with van der Waals surface area (Å²) in [5, 5.41) is 9.55. The molecule has 3 N–H and O–H groups in total. The van der Waals surface area contributed by atoms with Crippen LogP contribution in [-0.2, 0) is 4.79 Å². The Morgan fingerprint density at radius 2 is 1.66 bits per heavy atom. The molecule has 2 aromatic rings. The van der Waals surface area contributed by atoms with Crippen LogP contribution in [0.15, 0.2) is 53.7 Å². The fraction of sp³-hybridized carbons (Fsp3) is 0.238. The van der Waals surface area contributed by atoms with Crippen molar-refractivity contribution in [3.8, 4) is 17.2 Å². The first-order valence-corrected chi connectivity index (χ1v) is 9.33. The number of hydrogen-bond donors (Lipinski definition) is 3. The van der Waals surface area contributed by atoms with Crippen molar-refractivity contribution in [1.82, 2.24) is 10.6 Å². The van der Waals surface area contributed by atoms with Crippen LogP contribution in [0, 0.1) is 0 Å². The molecule has 2 aromatic carbocycles. The quantitative estimate of drug-likeness (QED) is 0.628. The van der Waals surface area contributed by atoms with Crippen molar-refractivity contribution in [3.63, 3.8) is 0 Å². The van der Waals surface area contributed by atoms with Crippen LogP contribution in [0.1, 0.15) is 18.5 Å². The van der Waals surface area contributed by atoms with Gasteiger partial charge in [0.1, 0.15) is 17.2 Å². The Hall–Kier alpha value is -3.26. The van der Waals surface area contributed by atoms with Crippen LogP contribution < -0.4 is 30.2 Å². The third kappa shape index (κ3) is 4.43. The van der Waals surface area contributed by atoms with E-state index in [0.717, 1.165) is 5.56 Å². The lowest BCUT2D eigenvalue weighted by Gasteiger charge is -2.31. The molecule has 0 unspecified atom stereocenters. The molecule has 0 aromatic heterocycles. The normalized spacial score (nSPS) is 15.9. The molecular formula is C21H23N3O4S. The summed E-state index contributed by atoms with van der Waals surface area (Å²) in [4.78, 5) is 13.2. The Morgan fingerprint density at radius 3 is 2.28 bits per heavy atom. The fourth-order valence-corrected chi connectivity index (χ4v) is 3.44. The summed E-state index contributed by atoms with van der Waals surface area (Å²) < 4.78 is 16.0. The van der Waals surface area contributed by atoms with E-state index in [1.54, 1.807) is 57.7 Å². The minimum absolute atomic E-state index is 0.259. The van der Waals surface area contributed by atoms with Gasteiger partial charge in [0.25, 0.3) is 5.91 Å². The van der Waals surface area contributed by atoms with Crippen LogP contribution in [0.4, 0.5) is 5.69 Å². The van der Waals surface area contributed by atoms with Gasteiger partial charge >= 0.3 is 0 Å². The van der Waals surface area contributed by atoms with Gasteiger partial charge in [0, 0.05) is 16.9 Å². The maximum absolute atomic E-state index is 13.2. The Morgan fingerprint density at radius 1 is 1.00 bits per heavy atom. The van der Waals surface area contributed by atoms with Gasteiger partial charge in [0.2, 0.25) is 0 Å². The summed E-state index contributed by atoms with van der Waals surface area (Å²) in [6.07, 6.45) is 0. The van der Waals surface area contributed by atoms with E-state index in [-0.39, 0.29) is 5.91 Å². The SMILES string of the molecule is COc1ccc(NC(=O)C2=C(C)NC(=S)N[C@@H]2c2cc(OC)ccc2OC)cc1. The number of allylic oxidation sites excluding steroid dienone is 1. The smallest absolute Gasteiger partial charge is 0.255 e. The highest BCUT2D eigenvalue weighted by molar-refractivity contribution is 7.80. The monoisotopic (exact) mass is 413 g/mol. The van der Waals surface area contributed by atoms with Crippen molar-refractivity contribution in [3.05, 3.63) is 59.3 Å². The van der Waals surface area contributed by atoms with E-state index >= 15 is 0 Å². The summed E-state index contributed by atoms with van der Waals surface area (Å²) in [5.41, 5.74) is 2.56. The van der Waals surface area contributed by atoms with Crippen LogP contribution in [0.2, 0.25) is 0 Å². The minimum Gasteiger partial charge on any atom is -0.497 e. The van der Waals surface area contributed by atoms with Crippen molar-refractivity contribution in [2.75, 3.05) is 26.6 Å². The van der Waals surface area contributed by atoms with Crippen LogP contribution >= 0.6 is 12.2 Å². The summed E-state index contributed by atoms with van der Waals surface area (Å²) >= 11 is 5.32. The highest BCUT2D eigenvalue weighted by Gasteiger charge is 2.32. The number of amides is 1. The second-order valence-electron chi connectivity index (χ2n) is 6.36. The first-order chi connectivity index (χ1) is 14.0. The fourth-order valence-electron chi connectivity index (χ4n) is 3.17. The molecular weight excluding hydrogens is 390 g/mol. The minimum atomic E-state index is -0.507. The largest absolute Gasteiger partial charge is 0.497 e. The van der Waals surface area contributed by atoms with Crippen molar-refractivity contribution in [2.24, 2.45) is 0 Å². The van der Waals surface area contributed by atoms with Gasteiger partial charge in [-0.05, 0) is 61.6 Å². The first-order valence-electron chi connectivity index (χ1n) is 8.92. The number of carbonyl (C=O) groups excluding carboxylic acids is 1. The molecule has 0 saturated heterocycles. The van der Waals surface area contributed by atoms with Gasteiger partial charge in [-0.3, -0.25) is 4.79 Å². The number of benzene rings is 2. The van der Waals surface area contributed by atoms with Crippen LogP contribution in [0.25, 0.3) is 0 Å². The molecule has 1 aliphatic rings. The Kier molecular flexibility index (Phi) is 6.23. The number of methoxy groups -OCH3 is 3. The average molecular weight is 413 g/mol. The molecule has 0 spiro atoms. The molecule has 0 saturated carbocycles. The summed E-state index contributed by atoms with van der Waals surface area (Å²) in [7, 11) is 4.76. The van der Waals surface area contributed by atoms with Gasteiger partial charge in [-0.15, -0.1) is 0 Å². The van der Waals surface area contributed by atoms with Crippen molar-refractivity contribution in [2.45, 2.75) is 13.0 Å². The topological polar surface area (TPSA) is 80.9 Å². The lowest BCUT2D eigenvalue weighted by Crippen LogP contribution is -2.45. The number of hydrogen-bond acceptors (Lipinski definition) is 5. The van der Waals surface area contributed by atoms with E-state index < -0.39 is 6.04 Å². The Labute approximate surface area is 175 Å². The lowest BCUT2D eigenvalue weighted by molar-refractivity contribution is -0.113. The first kappa shape index (κ1) is 20.5. The molecule has 1 heterocycles. The summed E-state index contributed by atoms with van der Waals surface area (Å²) in [5.74, 6) is 1.73. The number of anilines is 1. The van der Waals surface area contributed by atoms with Gasteiger partial charge in [-0.2, -0.15) is 0 Å². The molecule has 1 amide bonds. The maximum Gasteiger partial charge on any atom is 0.255 e. The number of thiocarbonyl (C=S) groups is 1. The van der Waals surface area contributed by atoms with E-state index in [2.05, 4.69) is 16.0 Å². The van der Waals surface area contributed by atoms with Gasteiger partial charge in [-0.1, -0.05) is 0 Å². The average Bonchev–Trinajstić information content (AvgIpc) is 2.73. The predicted octanol–water partition coefficient (Wildman–Crippen LogP) is 3.14. The molecule has 0 aliphatic carbocycles. The number of carbonyl (C=O) groups is 1. The number of ether oxygens (including phenoxy) is 3. The van der Waals surface area contributed by atoms with E-state index in [1.165, 1.54) is 0 Å².